The van der Waals surface area contributed by atoms with Gasteiger partial charge in [-0.25, -0.2) is 9.78 Å². The molecule has 0 aliphatic carbocycles. The molecule has 0 fully saturated rings. The SMILES string of the molecule is CN(Cc1cccs1)C(=O)COC(=O)c1ccc2nc(Cl)ccc2c1. The number of thiophene rings is 1. The summed E-state index contributed by atoms with van der Waals surface area (Å²) >= 11 is 7.42. The molecule has 0 aliphatic rings. The molecule has 0 radical (unpaired) electrons. The van der Waals surface area contributed by atoms with Crippen LogP contribution in [0.2, 0.25) is 5.15 Å². The van der Waals surface area contributed by atoms with Crippen molar-refractivity contribution in [3.63, 3.8) is 0 Å². The number of hydrogen-bond donors (Lipinski definition) is 0. The minimum Gasteiger partial charge on any atom is -0.452 e. The fourth-order valence-corrected chi connectivity index (χ4v) is 3.18. The Balaban J connectivity index is 1.60. The van der Waals surface area contributed by atoms with E-state index in [2.05, 4.69) is 4.98 Å². The summed E-state index contributed by atoms with van der Waals surface area (Å²) in [5.74, 6) is -0.800. The van der Waals surface area contributed by atoms with Gasteiger partial charge in [-0.1, -0.05) is 17.7 Å². The molecule has 5 nitrogen and oxygen atoms in total. The molecule has 0 spiro atoms. The van der Waals surface area contributed by atoms with Crippen LogP contribution in [0.5, 0.6) is 0 Å². The predicted molar refractivity (Wildman–Crippen MR) is 97.8 cm³/mol. The average Bonchev–Trinajstić information content (AvgIpc) is 3.11. The Morgan fingerprint density at radius 3 is 2.84 bits per heavy atom. The van der Waals surface area contributed by atoms with E-state index in [1.165, 1.54) is 4.90 Å². The largest absolute Gasteiger partial charge is 0.452 e. The molecule has 3 rings (SSSR count). The van der Waals surface area contributed by atoms with Gasteiger partial charge in [0.1, 0.15) is 5.15 Å². The lowest BCUT2D eigenvalue weighted by molar-refractivity contribution is -0.133. The zero-order valence-corrected chi connectivity index (χ0v) is 15.0. The molecule has 7 heteroatoms. The predicted octanol–water partition coefficient (Wildman–Crippen LogP) is 3.77. The summed E-state index contributed by atoms with van der Waals surface area (Å²) < 4.78 is 5.13. The number of nitrogens with zero attached hydrogens (tertiary/aromatic N) is 2. The zero-order valence-electron chi connectivity index (χ0n) is 13.4. The summed E-state index contributed by atoms with van der Waals surface area (Å²) in [7, 11) is 1.68. The first kappa shape index (κ1) is 17.4. The molecule has 0 saturated heterocycles. The van der Waals surface area contributed by atoms with Gasteiger partial charge in [-0.2, -0.15) is 0 Å². The van der Waals surface area contributed by atoms with Gasteiger partial charge in [0.15, 0.2) is 6.61 Å². The van der Waals surface area contributed by atoms with Crippen LogP contribution in [0.1, 0.15) is 15.2 Å². The van der Waals surface area contributed by atoms with Gasteiger partial charge in [-0.3, -0.25) is 4.79 Å². The number of benzene rings is 1. The van der Waals surface area contributed by atoms with Crippen LogP contribution in [0.15, 0.2) is 47.8 Å². The summed E-state index contributed by atoms with van der Waals surface area (Å²) in [4.78, 5) is 31.0. The van der Waals surface area contributed by atoms with E-state index in [1.807, 2.05) is 17.5 Å². The van der Waals surface area contributed by atoms with Gasteiger partial charge < -0.3 is 9.64 Å². The van der Waals surface area contributed by atoms with E-state index in [-0.39, 0.29) is 12.5 Å². The van der Waals surface area contributed by atoms with E-state index in [1.54, 1.807) is 48.7 Å². The summed E-state index contributed by atoms with van der Waals surface area (Å²) in [5, 5.41) is 3.12. The van der Waals surface area contributed by atoms with Crippen molar-refractivity contribution in [2.24, 2.45) is 0 Å². The zero-order chi connectivity index (χ0) is 17.8. The second-order valence-corrected chi connectivity index (χ2v) is 6.87. The molecule has 0 bridgehead atoms. The van der Waals surface area contributed by atoms with Gasteiger partial charge in [0.2, 0.25) is 0 Å². The number of aromatic nitrogens is 1. The van der Waals surface area contributed by atoms with Crippen LogP contribution in [0.3, 0.4) is 0 Å². The highest BCUT2D eigenvalue weighted by atomic mass is 35.5. The maximum Gasteiger partial charge on any atom is 0.338 e. The molecule has 2 heterocycles. The fourth-order valence-electron chi connectivity index (χ4n) is 2.27. The number of hydrogen-bond acceptors (Lipinski definition) is 5. The van der Waals surface area contributed by atoms with Crippen LogP contribution < -0.4 is 0 Å². The van der Waals surface area contributed by atoms with Crippen molar-refractivity contribution in [1.82, 2.24) is 9.88 Å². The van der Waals surface area contributed by atoms with Crippen LogP contribution in [-0.2, 0) is 16.1 Å². The van der Waals surface area contributed by atoms with E-state index in [0.29, 0.717) is 22.8 Å². The number of amides is 1. The highest BCUT2D eigenvalue weighted by Gasteiger charge is 2.14. The van der Waals surface area contributed by atoms with Crippen molar-refractivity contribution < 1.29 is 14.3 Å². The topological polar surface area (TPSA) is 59.5 Å². The molecular weight excluding hydrogens is 360 g/mol. The third kappa shape index (κ3) is 4.35. The van der Waals surface area contributed by atoms with Gasteiger partial charge >= 0.3 is 5.97 Å². The maximum atomic E-state index is 12.2. The lowest BCUT2D eigenvalue weighted by Gasteiger charge is -2.16. The molecule has 128 valence electrons. The summed E-state index contributed by atoms with van der Waals surface area (Å²) in [6.07, 6.45) is 0. The van der Waals surface area contributed by atoms with Crippen LogP contribution >= 0.6 is 22.9 Å². The Kier molecular flexibility index (Phi) is 5.31. The number of likely N-dealkylation sites (N-methyl/N-ethyl adjacent to an activating group) is 1. The van der Waals surface area contributed by atoms with E-state index in [4.69, 9.17) is 16.3 Å². The standard InChI is InChI=1S/C18H15ClN2O3S/c1-21(10-14-3-2-8-25-14)17(22)11-24-18(23)13-4-6-15-12(9-13)5-7-16(19)20-15/h2-9H,10-11H2,1H3. The van der Waals surface area contributed by atoms with Gasteiger partial charge in [0, 0.05) is 17.3 Å². The highest BCUT2D eigenvalue weighted by molar-refractivity contribution is 7.09. The number of ether oxygens (including phenoxy) is 1. The second kappa shape index (κ2) is 7.63. The summed E-state index contributed by atoms with van der Waals surface area (Å²) in [6.45, 7) is 0.202. The van der Waals surface area contributed by atoms with Crippen molar-refractivity contribution >= 4 is 45.7 Å². The van der Waals surface area contributed by atoms with Crippen molar-refractivity contribution in [2.45, 2.75) is 6.54 Å². The normalized spacial score (nSPS) is 10.6. The fraction of sp³-hybridized carbons (Fsp3) is 0.167. The van der Waals surface area contributed by atoms with E-state index < -0.39 is 5.97 Å². The Hall–Kier alpha value is -2.44. The first-order chi connectivity index (χ1) is 12.0. The molecule has 0 unspecified atom stereocenters. The molecule has 1 amide bonds. The Bertz CT molecular complexity index is 912. The number of halogens is 1. The number of rotatable bonds is 5. The molecule has 2 aromatic heterocycles. The molecule has 3 aromatic rings. The van der Waals surface area contributed by atoms with Crippen molar-refractivity contribution in [3.8, 4) is 0 Å². The number of carbonyl (C=O) groups is 2. The van der Waals surface area contributed by atoms with Crippen LogP contribution in [0.25, 0.3) is 10.9 Å². The Morgan fingerprint density at radius 2 is 2.08 bits per heavy atom. The monoisotopic (exact) mass is 374 g/mol. The number of pyridine rings is 1. The third-order valence-electron chi connectivity index (χ3n) is 3.62. The highest BCUT2D eigenvalue weighted by Crippen LogP contribution is 2.18. The van der Waals surface area contributed by atoms with Gasteiger partial charge in [0.25, 0.3) is 5.91 Å². The number of esters is 1. The summed E-state index contributed by atoms with van der Waals surface area (Å²) in [5.41, 5.74) is 1.06. The van der Waals surface area contributed by atoms with Gasteiger partial charge in [-0.15, -0.1) is 11.3 Å². The molecule has 1 aromatic carbocycles. The summed E-state index contributed by atoms with van der Waals surface area (Å²) in [6, 6.07) is 12.3. The lowest BCUT2D eigenvalue weighted by Crippen LogP contribution is -2.30. The molecule has 0 saturated carbocycles. The van der Waals surface area contributed by atoms with Crippen LogP contribution in [0.4, 0.5) is 0 Å². The lowest BCUT2D eigenvalue weighted by atomic mass is 10.1. The number of fused-ring (bicyclic) bond motifs is 1. The Morgan fingerprint density at radius 1 is 1.24 bits per heavy atom. The van der Waals surface area contributed by atoms with Gasteiger partial charge in [-0.05, 0) is 41.8 Å². The van der Waals surface area contributed by atoms with Crippen molar-refractivity contribution in [3.05, 3.63) is 63.4 Å². The van der Waals surface area contributed by atoms with Crippen LogP contribution in [0, 0.1) is 0 Å². The number of carbonyl (C=O) groups excluding carboxylic acids is 2. The molecular formula is C18H15ClN2O3S. The first-order valence-electron chi connectivity index (χ1n) is 7.53. The van der Waals surface area contributed by atoms with Gasteiger partial charge in [0.05, 0.1) is 17.6 Å². The van der Waals surface area contributed by atoms with Crippen LogP contribution in [-0.4, -0.2) is 35.4 Å². The quantitative estimate of drug-likeness (QED) is 0.504. The van der Waals surface area contributed by atoms with Crippen molar-refractivity contribution in [1.29, 1.82) is 0 Å². The minimum atomic E-state index is -0.547. The molecule has 0 aliphatic heterocycles. The Labute approximate surface area is 153 Å². The third-order valence-corrected chi connectivity index (χ3v) is 4.69. The van der Waals surface area contributed by atoms with E-state index >= 15 is 0 Å². The van der Waals surface area contributed by atoms with E-state index in [9.17, 15) is 9.59 Å². The molecule has 0 atom stereocenters. The maximum absolute atomic E-state index is 12.2. The van der Waals surface area contributed by atoms with Crippen molar-refractivity contribution in [2.75, 3.05) is 13.7 Å². The smallest absolute Gasteiger partial charge is 0.338 e. The molecule has 0 N–H and O–H groups in total. The van der Waals surface area contributed by atoms with E-state index in [0.717, 1.165) is 10.3 Å². The first-order valence-corrected chi connectivity index (χ1v) is 8.78. The average molecular weight is 375 g/mol. The second-order valence-electron chi connectivity index (χ2n) is 5.45. The minimum absolute atomic E-state index is 0.254. The molecule has 25 heavy (non-hydrogen) atoms.